The number of nitriles is 1. The number of carbonyl (C=O) groups is 1. The molecular weight excluding hydrogens is 240 g/mol. The molecule has 0 fully saturated rings. The third-order valence-electron chi connectivity index (χ3n) is 2.91. The van der Waals surface area contributed by atoms with Crippen molar-refractivity contribution in [2.75, 3.05) is 13.2 Å². The van der Waals surface area contributed by atoms with Crippen LogP contribution in [0.5, 0.6) is 0 Å². The second-order valence-electron chi connectivity index (χ2n) is 4.29. The molecule has 1 aromatic rings. The second kappa shape index (κ2) is 8.28. The number of hydrogen-bond acceptors (Lipinski definition) is 4. The van der Waals surface area contributed by atoms with Gasteiger partial charge in [0.25, 0.3) is 0 Å². The zero-order valence-electron chi connectivity index (χ0n) is 11.5. The van der Waals surface area contributed by atoms with Gasteiger partial charge in [0.1, 0.15) is 6.04 Å². The van der Waals surface area contributed by atoms with Crippen LogP contribution in [0.4, 0.5) is 0 Å². The summed E-state index contributed by atoms with van der Waals surface area (Å²) in [5.74, 6) is -0.239. The highest BCUT2D eigenvalue weighted by Gasteiger charge is 2.22. The Morgan fingerprint density at radius 3 is 2.68 bits per heavy atom. The number of hydrogen-bond donors (Lipinski definition) is 0. The summed E-state index contributed by atoms with van der Waals surface area (Å²) in [6, 6.07) is 11.7. The summed E-state index contributed by atoms with van der Waals surface area (Å²) < 4.78 is 5.04. The van der Waals surface area contributed by atoms with E-state index in [4.69, 9.17) is 10.00 Å². The highest BCUT2D eigenvalue weighted by molar-refractivity contribution is 5.75. The Labute approximate surface area is 114 Å². The summed E-state index contributed by atoms with van der Waals surface area (Å²) in [6.07, 6.45) is 0.399. The SMILES string of the molecule is CCOC(=O)[C@H](C)N(CCC#N)Cc1ccccc1. The molecule has 0 aliphatic rings. The minimum atomic E-state index is -0.339. The van der Waals surface area contributed by atoms with Crippen LogP contribution >= 0.6 is 0 Å². The van der Waals surface area contributed by atoms with Gasteiger partial charge in [-0.3, -0.25) is 9.69 Å². The third kappa shape index (κ3) is 5.11. The molecule has 0 aliphatic heterocycles. The van der Waals surface area contributed by atoms with Gasteiger partial charge in [0.05, 0.1) is 12.7 Å². The molecule has 0 bridgehead atoms. The van der Waals surface area contributed by atoms with Crippen molar-refractivity contribution in [2.45, 2.75) is 32.9 Å². The average Bonchev–Trinajstić information content (AvgIpc) is 2.44. The average molecular weight is 260 g/mol. The first-order valence-electron chi connectivity index (χ1n) is 6.50. The lowest BCUT2D eigenvalue weighted by molar-refractivity contribution is -0.149. The van der Waals surface area contributed by atoms with Crippen molar-refractivity contribution < 1.29 is 9.53 Å². The summed E-state index contributed by atoms with van der Waals surface area (Å²) in [7, 11) is 0. The zero-order chi connectivity index (χ0) is 14.1. The molecule has 0 aliphatic carbocycles. The number of esters is 1. The minimum Gasteiger partial charge on any atom is -0.465 e. The van der Waals surface area contributed by atoms with Crippen LogP contribution < -0.4 is 0 Å². The van der Waals surface area contributed by atoms with E-state index in [1.54, 1.807) is 6.92 Å². The third-order valence-corrected chi connectivity index (χ3v) is 2.91. The van der Waals surface area contributed by atoms with Crippen LogP contribution in [-0.4, -0.2) is 30.1 Å². The predicted octanol–water partition coefficient (Wildman–Crippen LogP) is 2.35. The Bertz CT molecular complexity index is 426. The highest BCUT2D eigenvalue weighted by Crippen LogP contribution is 2.10. The van der Waals surface area contributed by atoms with Gasteiger partial charge < -0.3 is 4.74 Å². The molecule has 4 nitrogen and oxygen atoms in total. The molecule has 0 saturated carbocycles. The lowest BCUT2D eigenvalue weighted by atomic mass is 10.1. The van der Waals surface area contributed by atoms with E-state index >= 15 is 0 Å². The quantitative estimate of drug-likeness (QED) is 0.706. The topological polar surface area (TPSA) is 53.3 Å². The lowest BCUT2D eigenvalue weighted by Crippen LogP contribution is -2.40. The largest absolute Gasteiger partial charge is 0.465 e. The van der Waals surface area contributed by atoms with Gasteiger partial charge in [-0.05, 0) is 19.4 Å². The van der Waals surface area contributed by atoms with Crippen molar-refractivity contribution in [3.63, 3.8) is 0 Å². The molecule has 0 saturated heterocycles. The molecule has 1 rings (SSSR count). The summed E-state index contributed by atoms with van der Waals surface area (Å²) in [5, 5.41) is 8.71. The van der Waals surface area contributed by atoms with E-state index in [1.165, 1.54) is 0 Å². The fourth-order valence-electron chi connectivity index (χ4n) is 1.83. The van der Waals surface area contributed by atoms with Gasteiger partial charge >= 0.3 is 5.97 Å². The number of benzene rings is 1. The Hall–Kier alpha value is -1.86. The second-order valence-corrected chi connectivity index (χ2v) is 4.29. The van der Waals surface area contributed by atoms with Crippen LogP contribution in [0, 0.1) is 11.3 Å². The maximum Gasteiger partial charge on any atom is 0.323 e. The van der Waals surface area contributed by atoms with Gasteiger partial charge in [0.2, 0.25) is 0 Å². The number of rotatable bonds is 7. The zero-order valence-corrected chi connectivity index (χ0v) is 11.5. The highest BCUT2D eigenvalue weighted by atomic mass is 16.5. The standard InChI is InChI=1S/C15H20N2O2/c1-3-19-15(18)13(2)17(11-7-10-16)12-14-8-5-4-6-9-14/h4-6,8-9,13H,3,7,11-12H2,1-2H3/t13-/m0/s1. The number of ether oxygens (including phenoxy) is 1. The van der Waals surface area contributed by atoms with E-state index in [2.05, 4.69) is 6.07 Å². The number of carbonyl (C=O) groups excluding carboxylic acids is 1. The van der Waals surface area contributed by atoms with Crippen molar-refractivity contribution in [1.29, 1.82) is 5.26 Å². The molecule has 1 aromatic carbocycles. The van der Waals surface area contributed by atoms with Crippen LogP contribution in [0.1, 0.15) is 25.8 Å². The molecule has 4 heteroatoms. The first-order valence-corrected chi connectivity index (χ1v) is 6.50. The summed E-state index contributed by atoms with van der Waals surface area (Å²) in [4.78, 5) is 13.8. The van der Waals surface area contributed by atoms with Crippen molar-refractivity contribution in [1.82, 2.24) is 4.90 Å². The summed E-state index contributed by atoms with van der Waals surface area (Å²) in [6.45, 7) is 5.19. The van der Waals surface area contributed by atoms with Gasteiger partial charge in [-0.15, -0.1) is 0 Å². The van der Waals surface area contributed by atoms with Crippen LogP contribution in [-0.2, 0) is 16.1 Å². The van der Waals surface area contributed by atoms with Gasteiger partial charge in [-0.1, -0.05) is 30.3 Å². The van der Waals surface area contributed by atoms with Crippen molar-refractivity contribution in [3.8, 4) is 6.07 Å². The van der Waals surface area contributed by atoms with E-state index in [0.717, 1.165) is 5.56 Å². The summed E-state index contributed by atoms with van der Waals surface area (Å²) >= 11 is 0. The fourth-order valence-corrected chi connectivity index (χ4v) is 1.83. The first-order chi connectivity index (χ1) is 9.19. The van der Waals surface area contributed by atoms with Gasteiger partial charge in [-0.25, -0.2) is 0 Å². The molecular formula is C15H20N2O2. The molecule has 0 amide bonds. The normalized spacial score (nSPS) is 11.9. The van der Waals surface area contributed by atoms with E-state index < -0.39 is 0 Å². The fraction of sp³-hybridized carbons (Fsp3) is 0.467. The monoisotopic (exact) mass is 260 g/mol. The van der Waals surface area contributed by atoms with Crippen molar-refractivity contribution in [2.24, 2.45) is 0 Å². The Balaban J connectivity index is 2.71. The van der Waals surface area contributed by atoms with Crippen molar-refractivity contribution >= 4 is 5.97 Å². The smallest absolute Gasteiger partial charge is 0.323 e. The van der Waals surface area contributed by atoms with Crippen LogP contribution in [0.25, 0.3) is 0 Å². The molecule has 0 heterocycles. The summed E-state index contributed by atoms with van der Waals surface area (Å²) in [5.41, 5.74) is 1.12. The van der Waals surface area contributed by atoms with Gasteiger partial charge in [0, 0.05) is 19.5 Å². The Morgan fingerprint density at radius 1 is 1.42 bits per heavy atom. The predicted molar refractivity (Wildman–Crippen MR) is 73.2 cm³/mol. The molecule has 0 radical (unpaired) electrons. The molecule has 1 atom stereocenters. The molecule has 0 aromatic heterocycles. The van der Waals surface area contributed by atoms with E-state index in [9.17, 15) is 4.79 Å². The number of nitrogens with zero attached hydrogens (tertiary/aromatic N) is 2. The maximum absolute atomic E-state index is 11.8. The van der Waals surface area contributed by atoms with Crippen LogP contribution in [0.3, 0.4) is 0 Å². The Morgan fingerprint density at radius 2 is 2.11 bits per heavy atom. The molecule has 0 N–H and O–H groups in total. The van der Waals surface area contributed by atoms with Gasteiger partial charge in [0.15, 0.2) is 0 Å². The van der Waals surface area contributed by atoms with E-state index in [1.807, 2.05) is 42.2 Å². The molecule has 19 heavy (non-hydrogen) atoms. The van der Waals surface area contributed by atoms with Crippen LogP contribution in [0.2, 0.25) is 0 Å². The Kier molecular flexibility index (Phi) is 6.62. The lowest BCUT2D eigenvalue weighted by Gasteiger charge is -2.26. The van der Waals surface area contributed by atoms with Gasteiger partial charge in [-0.2, -0.15) is 5.26 Å². The van der Waals surface area contributed by atoms with Crippen molar-refractivity contribution in [3.05, 3.63) is 35.9 Å². The first kappa shape index (κ1) is 15.2. The molecule has 0 spiro atoms. The van der Waals surface area contributed by atoms with E-state index in [-0.39, 0.29) is 12.0 Å². The molecule has 0 unspecified atom stereocenters. The minimum absolute atomic E-state index is 0.239. The van der Waals surface area contributed by atoms with Crippen LogP contribution in [0.15, 0.2) is 30.3 Å². The van der Waals surface area contributed by atoms with E-state index in [0.29, 0.717) is 26.1 Å². The molecule has 102 valence electrons. The maximum atomic E-state index is 11.8.